The summed E-state index contributed by atoms with van der Waals surface area (Å²) in [4.78, 5) is 42.6. The Morgan fingerprint density at radius 3 is 2.16 bits per heavy atom. The number of nitrogens with two attached hydrogens (primary N) is 2. The van der Waals surface area contributed by atoms with Crippen LogP contribution in [-0.4, -0.2) is 104 Å². The van der Waals surface area contributed by atoms with Gasteiger partial charge in [-0.05, 0) is 29.7 Å². The van der Waals surface area contributed by atoms with E-state index in [1.54, 1.807) is 12.3 Å². The summed E-state index contributed by atoms with van der Waals surface area (Å²) in [7, 11) is 0. The first-order chi connectivity index (χ1) is 20.9. The lowest BCUT2D eigenvalue weighted by Gasteiger charge is -2.28. The SMILES string of the molecule is Nc1ncnc2c1ccn2C1OC2COP(O)(=S)OC3C(O)C(COP(O)(=S)OC2C1O)OC3n1cnc2c(N)ncnc21. The lowest BCUT2D eigenvalue weighted by Crippen LogP contribution is -2.36. The van der Waals surface area contributed by atoms with Gasteiger partial charge in [0.15, 0.2) is 23.9 Å². The van der Waals surface area contributed by atoms with Gasteiger partial charge in [-0.15, -0.1) is 0 Å². The number of nitrogens with zero attached hydrogens (tertiary/aromatic N) is 7. The van der Waals surface area contributed by atoms with Crippen LogP contribution in [-0.2, 0) is 51.2 Å². The first kappa shape index (κ1) is 30.3. The summed E-state index contributed by atoms with van der Waals surface area (Å²) in [6.45, 7) is -9.22. The number of ether oxygens (including phenoxy) is 2. The first-order valence-corrected chi connectivity index (χ1v) is 18.1. The minimum Gasteiger partial charge on any atom is -0.387 e. The predicted octanol–water partition coefficient (Wildman–Crippen LogP) is -0.797. The number of hydrogen-bond donors (Lipinski definition) is 6. The minimum absolute atomic E-state index is 0.107. The van der Waals surface area contributed by atoms with E-state index in [1.165, 1.54) is 28.1 Å². The average molecular weight is 690 g/mol. The smallest absolute Gasteiger partial charge is 0.325 e. The highest BCUT2D eigenvalue weighted by molar-refractivity contribution is 8.07. The van der Waals surface area contributed by atoms with Crippen molar-refractivity contribution in [3.05, 3.63) is 31.2 Å². The van der Waals surface area contributed by atoms with Gasteiger partial charge in [0.2, 0.25) is 0 Å². The van der Waals surface area contributed by atoms with Gasteiger partial charge < -0.3 is 54.6 Å². The van der Waals surface area contributed by atoms with Crippen LogP contribution in [0.3, 0.4) is 0 Å². The van der Waals surface area contributed by atoms with Crippen LogP contribution in [0, 0.1) is 0 Å². The van der Waals surface area contributed by atoms with E-state index < -0.39 is 75.7 Å². The number of aromatic nitrogens is 7. The van der Waals surface area contributed by atoms with Crippen LogP contribution in [0.4, 0.5) is 11.6 Å². The molecule has 23 heteroatoms. The highest BCUT2D eigenvalue weighted by Gasteiger charge is 2.52. The molecule has 10 unspecified atom stereocenters. The van der Waals surface area contributed by atoms with Crippen LogP contribution >= 0.6 is 13.4 Å². The van der Waals surface area contributed by atoms with Crippen LogP contribution in [0.1, 0.15) is 12.5 Å². The fraction of sp³-hybridized carbons (Fsp3) is 0.476. The van der Waals surface area contributed by atoms with Gasteiger partial charge in [-0.2, -0.15) is 0 Å². The highest BCUT2D eigenvalue weighted by Crippen LogP contribution is 2.54. The Balaban J connectivity index is 1.20. The average Bonchev–Trinajstić information content (AvgIpc) is 3.73. The van der Waals surface area contributed by atoms with Crippen molar-refractivity contribution in [1.82, 2.24) is 34.1 Å². The minimum atomic E-state index is -4.15. The molecule has 44 heavy (non-hydrogen) atoms. The summed E-state index contributed by atoms with van der Waals surface area (Å²) < 4.78 is 37.7. The van der Waals surface area contributed by atoms with E-state index in [1.807, 2.05) is 0 Å². The molecule has 10 atom stereocenters. The van der Waals surface area contributed by atoms with Gasteiger partial charge in [-0.3, -0.25) is 13.6 Å². The molecule has 3 aliphatic heterocycles. The van der Waals surface area contributed by atoms with E-state index in [-0.39, 0.29) is 22.8 Å². The Morgan fingerprint density at radius 2 is 1.41 bits per heavy atom. The van der Waals surface area contributed by atoms with Crippen LogP contribution in [0.15, 0.2) is 31.2 Å². The van der Waals surface area contributed by atoms with Gasteiger partial charge >= 0.3 is 13.4 Å². The number of imidazole rings is 1. The predicted molar refractivity (Wildman–Crippen MR) is 156 cm³/mol. The van der Waals surface area contributed by atoms with Crippen molar-refractivity contribution in [2.75, 3.05) is 24.7 Å². The molecule has 2 bridgehead atoms. The lowest BCUT2D eigenvalue weighted by atomic mass is 10.1. The maximum Gasteiger partial charge on any atom is 0.325 e. The number of aliphatic hydroxyl groups excluding tert-OH is 2. The van der Waals surface area contributed by atoms with Gasteiger partial charge in [0.25, 0.3) is 0 Å². The third kappa shape index (κ3) is 5.31. The molecule has 0 amide bonds. The maximum atomic E-state index is 11.3. The van der Waals surface area contributed by atoms with Crippen molar-refractivity contribution in [2.24, 2.45) is 0 Å². The summed E-state index contributed by atoms with van der Waals surface area (Å²) in [6.07, 6.45) is -4.73. The first-order valence-electron chi connectivity index (χ1n) is 12.9. The molecule has 3 saturated heterocycles. The van der Waals surface area contributed by atoms with Crippen LogP contribution in [0.2, 0.25) is 0 Å². The molecule has 8 N–H and O–H groups in total. The second-order valence-corrected chi connectivity index (χ2v) is 15.7. The number of nitrogen functional groups attached to an aromatic ring is 2. The van der Waals surface area contributed by atoms with E-state index in [4.69, 9.17) is 62.6 Å². The molecule has 7 rings (SSSR count). The zero-order valence-corrected chi connectivity index (χ0v) is 25.6. The summed E-state index contributed by atoms with van der Waals surface area (Å²) >= 11 is 10.5. The lowest BCUT2D eigenvalue weighted by molar-refractivity contribution is -0.0606. The van der Waals surface area contributed by atoms with Gasteiger partial charge in [0.1, 0.15) is 66.3 Å². The highest BCUT2D eigenvalue weighted by atomic mass is 32.5. The van der Waals surface area contributed by atoms with Gasteiger partial charge in [0.05, 0.1) is 24.9 Å². The molecule has 0 saturated carbocycles. The normalized spacial score (nSPS) is 38.3. The maximum absolute atomic E-state index is 11.3. The Hall–Kier alpha value is -2.33. The molecule has 0 radical (unpaired) electrons. The zero-order chi connectivity index (χ0) is 31.0. The molecule has 3 fully saturated rings. The summed E-state index contributed by atoms with van der Waals surface area (Å²) in [5.41, 5.74) is 12.7. The zero-order valence-electron chi connectivity index (χ0n) is 22.2. The Kier molecular flexibility index (Phi) is 7.71. The largest absolute Gasteiger partial charge is 0.387 e. The molecular weight excluding hydrogens is 664 g/mol. The Bertz CT molecular complexity index is 1830. The molecular formula is C21H25N9O10P2S2. The Labute approximate surface area is 257 Å². The third-order valence-corrected chi connectivity index (χ3v) is 10.5. The fourth-order valence-corrected chi connectivity index (χ4v) is 8.22. The molecule has 0 aromatic carbocycles. The summed E-state index contributed by atoms with van der Waals surface area (Å²) in [5.74, 6) is 0.327. The van der Waals surface area contributed by atoms with Crippen LogP contribution < -0.4 is 11.5 Å². The fourth-order valence-electron chi connectivity index (χ4n) is 5.36. The standard InChI is InChI=1S/C21H25N9O10P2S2/c22-16-8-1-2-29(18(8)26-5-24-16)20-13(32)14-10(38-20)4-36-42(34,44)40-15-12(31)9(3-35-41(33,43)39-14)37-21(15)30-7-28-11-17(23)25-6-27-19(11)30/h1-2,5-7,9-10,12-15,20-21,31-32H,3-4H2,(H,33,43)(H,34,44)(H2,22,24,26)(H2,23,25,27). The molecule has 4 aromatic heterocycles. The van der Waals surface area contributed by atoms with Crippen molar-refractivity contribution in [3.63, 3.8) is 0 Å². The van der Waals surface area contributed by atoms with Crippen LogP contribution in [0.5, 0.6) is 0 Å². The topological polar surface area (TPSA) is 263 Å². The molecule has 19 nitrogen and oxygen atoms in total. The van der Waals surface area contributed by atoms with Crippen molar-refractivity contribution in [2.45, 2.75) is 49.1 Å². The molecule has 4 aromatic rings. The monoisotopic (exact) mass is 689 g/mol. The molecule has 0 spiro atoms. The van der Waals surface area contributed by atoms with E-state index in [0.717, 1.165) is 0 Å². The van der Waals surface area contributed by atoms with E-state index >= 15 is 0 Å². The second-order valence-electron chi connectivity index (χ2n) is 10.1. The molecule has 236 valence electrons. The van der Waals surface area contributed by atoms with Crippen molar-refractivity contribution in [3.8, 4) is 0 Å². The Morgan fingerprint density at radius 1 is 0.773 bits per heavy atom. The number of rotatable bonds is 2. The van der Waals surface area contributed by atoms with Gasteiger partial charge in [-0.25, -0.2) is 24.9 Å². The number of anilines is 2. The summed E-state index contributed by atoms with van der Waals surface area (Å²) in [6, 6.07) is 1.65. The van der Waals surface area contributed by atoms with Gasteiger partial charge in [-0.1, -0.05) is 0 Å². The van der Waals surface area contributed by atoms with E-state index in [2.05, 4.69) is 24.9 Å². The van der Waals surface area contributed by atoms with Crippen LogP contribution in [0.25, 0.3) is 22.2 Å². The van der Waals surface area contributed by atoms with E-state index in [9.17, 15) is 20.0 Å². The molecule has 3 aliphatic rings. The molecule has 7 heterocycles. The molecule has 0 aliphatic carbocycles. The quantitative estimate of drug-likeness (QED) is 0.141. The third-order valence-electron chi connectivity index (χ3n) is 7.41. The van der Waals surface area contributed by atoms with Crippen molar-refractivity contribution in [1.29, 1.82) is 0 Å². The van der Waals surface area contributed by atoms with Crippen molar-refractivity contribution >= 4 is 70.9 Å². The number of hydrogen-bond acceptors (Lipinski definition) is 17. The van der Waals surface area contributed by atoms with Crippen molar-refractivity contribution < 1.29 is 47.6 Å². The number of aliphatic hydroxyl groups is 2. The summed E-state index contributed by atoms with van der Waals surface area (Å²) in [5, 5.41) is 23.0. The van der Waals surface area contributed by atoms with E-state index in [0.29, 0.717) is 11.0 Å². The second kappa shape index (κ2) is 11.2. The van der Waals surface area contributed by atoms with Gasteiger partial charge in [0, 0.05) is 6.20 Å². The number of fused-ring (bicyclic) bond motifs is 5.